The number of benzene rings is 2. The molecule has 0 bridgehead atoms. The highest BCUT2D eigenvalue weighted by atomic mass is 35.5. The summed E-state index contributed by atoms with van der Waals surface area (Å²) in [7, 11) is 0. The summed E-state index contributed by atoms with van der Waals surface area (Å²) in [4.78, 5) is 11.6. The molecule has 120 valence electrons. The third-order valence-corrected chi connectivity index (χ3v) is 3.00. The van der Waals surface area contributed by atoms with Gasteiger partial charge >= 0.3 is 0 Å². The van der Waals surface area contributed by atoms with Crippen LogP contribution in [-0.4, -0.2) is 25.3 Å². The monoisotopic (exact) mass is 332 g/mol. The number of nitrogens with one attached hydrogen (secondary N) is 1. The minimum atomic E-state index is -0.354. The lowest BCUT2D eigenvalue weighted by Crippen LogP contribution is -2.24. The molecule has 1 amide bonds. The molecule has 0 aromatic heterocycles. The normalized spacial score (nSPS) is 10.5. The lowest BCUT2D eigenvalue weighted by Gasteiger charge is -2.05. The maximum Gasteiger partial charge on any atom is 0.277 e. The van der Waals surface area contributed by atoms with Crippen LogP contribution >= 0.6 is 11.6 Å². The number of hydrogen-bond acceptors (Lipinski definition) is 4. The Labute approximate surface area is 139 Å². The Kier molecular flexibility index (Phi) is 6.44. The molecular formula is C17H17ClN2O3. The van der Waals surface area contributed by atoms with Crippen molar-refractivity contribution in [1.82, 2.24) is 5.43 Å². The van der Waals surface area contributed by atoms with Gasteiger partial charge in [-0.25, -0.2) is 5.43 Å². The SMILES string of the molecule is CCOc1ccc(/C=N/NC(=O)COc2cccc(Cl)c2)cc1. The minimum absolute atomic E-state index is 0.138. The number of carbonyl (C=O) groups excluding carboxylic acids is 1. The van der Waals surface area contributed by atoms with Gasteiger partial charge in [-0.3, -0.25) is 4.79 Å². The molecule has 0 aliphatic rings. The molecule has 0 aliphatic carbocycles. The highest BCUT2D eigenvalue weighted by Crippen LogP contribution is 2.16. The summed E-state index contributed by atoms with van der Waals surface area (Å²) < 4.78 is 10.7. The van der Waals surface area contributed by atoms with E-state index in [1.165, 1.54) is 0 Å². The number of rotatable bonds is 7. The molecule has 2 rings (SSSR count). The molecule has 0 atom stereocenters. The predicted molar refractivity (Wildman–Crippen MR) is 90.3 cm³/mol. The molecule has 0 saturated carbocycles. The number of hydrazone groups is 1. The van der Waals surface area contributed by atoms with Crippen molar-refractivity contribution >= 4 is 23.7 Å². The molecule has 2 aromatic rings. The molecular weight excluding hydrogens is 316 g/mol. The van der Waals surface area contributed by atoms with Gasteiger partial charge in [-0.1, -0.05) is 17.7 Å². The van der Waals surface area contributed by atoms with Crippen molar-refractivity contribution in [3.8, 4) is 11.5 Å². The maximum atomic E-state index is 11.6. The van der Waals surface area contributed by atoms with E-state index in [1.54, 1.807) is 30.5 Å². The third-order valence-electron chi connectivity index (χ3n) is 2.76. The third kappa shape index (κ3) is 6.00. The lowest BCUT2D eigenvalue weighted by atomic mass is 10.2. The van der Waals surface area contributed by atoms with Gasteiger partial charge in [-0.05, 0) is 55.0 Å². The average Bonchev–Trinajstić information content (AvgIpc) is 2.55. The van der Waals surface area contributed by atoms with Gasteiger partial charge in [-0.2, -0.15) is 5.10 Å². The van der Waals surface area contributed by atoms with Crippen LogP contribution in [0.5, 0.6) is 11.5 Å². The Morgan fingerprint density at radius 2 is 1.96 bits per heavy atom. The quantitative estimate of drug-likeness (QED) is 0.625. The van der Waals surface area contributed by atoms with Gasteiger partial charge in [0.05, 0.1) is 12.8 Å². The molecule has 0 unspecified atom stereocenters. The summed E-state index contributed by atoms with van der Waals surface area (Å²) in [5, 5.41) is 4.43. The van der Waals surface area contributed by atoms with Gasteiger partial charge in [0.2, 0.25) is 0 Å². The fraction of sp³-hybridized carbons (Fsp3) is 0.176. The fourth-order valence-electron chi connectivity index (χ4n) is 1.73. The number of amides is 1. The Morgan fingerprint density at radius 1 is 1.17 bits per heavy atom. The highest BCUT2D eigenvalue weighted by molar-refractivity contribution is 6.30. The van der Waals surface area contributed by atoms with E-state index in [-0.39, 0.29) is 12.5 Å². The van der Waals surface area contributed by atoms with Crippen molar-refractivity contribution in [2.75, 3.05) is 13.2 Å². The molecule has 1 N–H and O–H groups in total. The molecule has 23 heavy (non-hydrogen) atoms. The van der Waals surface area contributed by atoms with Crippen LogP contribution in [0, 0.1) is 0 Å². The maximum absolute atomic E-state index is 11.6. The first-order valence-electron chi connectivity index (χ1n) is 7.10. The van der Waals surface area contributed by atoms with Gasteiger partial charge in [0.25, 0.3) is 5.91 Å². The molecule has 0 heterocycles. The molecule has 2 aromatic carbocycles. The first-order valence-corrected chi connectivity index (χ1v) is 7.48. The van der Waals surface area contributed by atoms with Crippen molar-refractivity contribution in [2.45, 2.75) is 6.92 Å². The standard InChI is InChI=1S/C17H17ClN2O3/c1-2-22-15-8-6-13(7-9-15)11-19-20-17(21)12-23-16-5-3-4-14(18)10-16/h3-11H,2,12H2,1H3,(H,20,21)/b19-11+. The first kappa shape index (κ1) is 16.8. The fourth-order valence-corrected chi connectivity index (χ4v) is 1.91. The van der Waals surface area contributed by atoms with Gasteiger partial charge in [0.1, 0.15) is 11.5 Å². The van der Waals surface area contributed by atoms with E-state index in [0.717, 1.165) is 11.3 Å². The summed E-state index contributed by atoms with van der Waals surface area (Å²) in [6.07, 6.45) is 1.55. The van der Waals surface area contributed by atoms with Crippen LogP contribution in [0.25, 0.3) is 0 Å². The summed E-state index contributed by atoms with van der Waals surface area (Å²) in [5.74, 6) is 0.971. The highest BCUT2D eigenvalue weighted by Gasteiger charge is 2.01. The van der Waals surface area contributed by atoms with Crippen LogP contribution in [0.3, 0.4) is 0 Å². The molecule has 0 radical (unpaired) electrons. The van der Waals surface area contributed by atoms with Crippen LogP contribution in [-0.2, 0) is 4.79 Å². The topological polar surface area (TPSA) is 59.9 Å². The van der Waals surface area contributed by atoms with Crippen molar-refractivity contribution in [3.05, 3.63) is 59.1 Å². The molecule has 0 aliphatic heterocycles. The number of hydrogen-bond donors (Lipinski definition) is 1. The molecule has 0 saturated heterocycles. The second-order valence-corrected chi connectivity index (χ2v) is 4.98. The Balaban J connectivity index is 1.77. The second-order valence-electron chi connectivity index (χ2n) is 4.54. The van der Waals surface area contributed by atoms with Crippen molar-refractivity contribution in [3.63, 3.8) is 0 Å². The zero-order valence-corrected chi connectivity index (χ0v) is 13.4. The van der Waals surface area contributed by atoms with Gasteiger partial charge in [0.15, 0.2) is 6.61 Å². The summed E-state index contributed by atoms with van der Waals surface area (Å²) >= 11 is 5.83. The van der Waals surface area contributed by atoms with E-state index in [4.69, 9.17) is 21.1 Å². The zero-order chi connectivity index (χ0) is 16.5. The van der Waals surface area contributed by atoms with Crippen LogP contribution in [0.4, 0.5) is 0 Å². The Morgan fingerprint density at radius 3 is 2.65 bits per heavy atom. The number of carbonyl (C=O) groups is 1. The van der Waals surface area contributed by atoms with Gasteiger partial charge < -0.3 is 9.47 Å². The molecule has 6 heteroatoms. The van der Waals surface area contributed by atoms with E-state index >= 15 is 0 Å². The van der Waals surface area contributed by atoms with Crippen molar-refractivity contribution in [1.29, 1.82) is 0 Å². The average molecular weight is 333 g/mol. The molecule has 5 nitrogen and oxygen atoms in total. The van der Waals surface area contributed by atoms with Gasteiger partial charge in [-0.15, -0.1) is 0 Å². The van der Waals surface area contributed by atoms with Crippen LogP contribution < -0.4 is 14.9 Å². The van der Waals surface area contributed by atoms with E-state index in [9.17, 15) is 4.79 Å². The van der Waals surface area contributed by atoms with Crippen LogP contribution in [0.1, 0.15) is 12.5 Å². The number of halogens is 1. The summed E-state index contributed by atoms with van der Waals surface area (Å²) in [5.41, 5.74) is 3.25. The zero-order valence-electron chi connectivity index (χ0n) is 12.7. The first-order chi connectivity index (χ1) is 11.2. The smallest absolute Gasteiger partial charge is 0.277 e. The Bertz CT molecular complexity index is 672. The predicted octanol–water partition coefficient (Wildman–Crippen LogP) is 3.27. The number of ether oxygens (including phenoxy) is 2. The van der Waals surface area contributed by atoms with E-state index in [1.807, 2.05) is 31.2 Å². The van der Waals surface area contributed by atoms with Crippen LogP contribution in [0.2, 0.25) is 5.02 Å². The lowest BCUT2D eigenvalue weighted by molar-refractivity contribution is -0.123. The van der Waals surface area contributed by atoms with Crippen molar-refractivity contribution in [2.24, 2.45) is 5.10 Å². The van der Waals surface area contributed by atoms with Crippen LogP contribution in [0.15, 0.2) is 53.6 Å². The molecule has 0 fully saturated rings. The minimum Gasteiger partial charge on any atom is -0.494 e. The molecule has 0 spiro atoms. The van der Waals surface area contributed by atoms with Gasteiger partial charge in [0, 0.05) is 5.02 Å². The largest absolute Gasteiger partial charge is 0.494 e. The van der Waals surface area contributed by atoms with Crippen molar-refractivity contribution < 1.29 is 14.3 Å². The van der Waals surface area contributed by atoms with E-state index < -0.39 is 0 Å². The van der Waals surface area contributed by atoms with E-state index in [0.29, 0.717) is 17.4 Å². The summed E-state index contributed by atoms with van der Waals surface area (Å²) in [6.45, 7) is 2.41. The second kappa shape index (κ2) is 8.80. The van der Waals surface area contributed by atoms with E-state index in [2.05, 4.69) is 10.5 Å². The summed E-state index contributed by atoms with van der Waals surface area (Å²) in [6, 6.07) is 14.2. The Hall–Kier alpha value is -2.53. The number of nitrogens with zero attached hydrogens (tertiary/aromatic N) is 1.